The van der Waals surface area contributed by atoms with Gasteiger partial charge in [0.15, 0.2) is 23.0 Å². The standard InChI is InChI=1S/C26H32N2O7/c1-11(2)5-6-12-7-8-16(29)18-14(12)9-13-10-15-20(28(3)4)22(31)19(25(27)34)24(33)26(15,35)23(32)17(13)21(18)30/h5-8,11,13,15,17,19-20,22,29,31,35H,9-10H2,1-4H3,(H2,27,34)/b6-5+/t13-,15-,17?,19?,20-,22?,26-/m1/s1. The number of primary amides is 1. The predicted octanol–water partition coefficient (Wildman–Crippen LogP) is 0.328. The van der Waals surface area contributed by atoms with Crippen LogP contribution in [0.4, 0.5) is 0 Å². The van der Waals surface area contributed by atoms with E-state index in [0.29, 0.717) is 5.56 Å². The maximum absolute atomic E-state index is 13.8. The lowest BCUT2D eigenvalue weighted by Crippen LogP contribution is -2.75. The van der Waals surface area contributed by atoms with E-state index in [-0.39, 0.29) is 30.1 Å². The van der Waals surface area contributed by atoms with Crippen molar-refractivity contribution in [3.8, 4) is 5.75 Å². The van der Waals surface area contributed by atoms with E-state index in [1.807, 2.05) is 26.0 Å². The van der Waals surface area contributed by atoms with E-state index in [9.17, 15) is 34.5 Å². The van der Waals surface area contributed by atoms with Gasteiger partial charge in [0.05, 0.1) is 17.6 Å². The molecule has 2 saturated carbocycles. The van der Waals surface area contributed by atoms with Crippen LogP contribution in [0, 0.1) is 29.6 Å². The molecule has 188 valence electrons. The summed E-state index contributed by atoms with van der Waals surface area (Å²) in [5.41, 5.74) is 4.12. The third kappa shape index (κ3) is 3.64. The zero-order valence-corrected chi connectivity index (χ0v) is 20.3. The van der Waals surface area contributed by atoms with E-state index in [4.69, 9.17) is 5.73 Å². The summed E-state index contributed by atoms with van der Waals surface area (Å²) in [6.07, 6.45) is 2.71. The molecular weight excluding hydrogens is 452 g/mol. The molecule has 9 nitrogen and oxygen atoms in total. The van der Waals surface area contributed by atoms with Crippen LogP contribution in [0.5, 0.6) is 5.75 Å². The third-order valence-corrected chi connectivity index (χ3v) is 7.87. The summed E-state index contributed by atoms with van der Waals surface area (Å²) in [7, 11) is 3.24. The van der Waals surface area contributed by atoms with Crippen molar-refractivity contribution in [2.45, 2.75) is 44.4 Å². The monoisotopic (exact) mass is 484 g/mol. The molecule has 0 aliphatic heterocycles. The highest BCUT2D eigenvalue weighted by atomic mass is 16.3. The Labute approximate surface area is 203 Å². The van der Waals surface area contributed by atoms with Crippen molar-refractivity contribution in [3.05, 3.63) is 34.9 Å². The summed E-state index contributed by atoms with van der Waals surface area (Å²) in [4.78, 5) is 54.3. The average Bonchev–Trinajstić information content (AvgIpc) is 2.75. The number of benzene rings is 1. The maximum atomic E-state index is 13.8. The van der Waals surface area contributed by atoms with Crippen molar-refractivity contribution in [1.82, 2.24) is 4.90 Å². The normalized spacial score (nSPS) is 34.8. The number of allylic oxidation sites excluding steroid dienone is 1. The van der Waals surface area contributed by atoms with Gasteiger partial charge in [-0.05, 0) is 56.0 Å². The Morgan fingerprint density at radius 1 is 1.20 bits per heavy atom. The first kappa shape index (κ1) is 25.2. The van der Waals surface area contributed by atoms with Gasteiger partial charge in [-0.2, -0.15) is 0 Å². The highest BCUT2D eigenvalue weighted by Crippen LogP contribution is 2.51. The van der Waals surface area contributed by atoms with Crippen LogP contribution in [0.3, 0.4) is 0 Å². The summed E-state index contributed by atoms with van der Waals surface area (Å²) in [6.45, 7) is 4.02. The topological polar surface area (TPSA) is 158 Å². The van der Waals surface area contributed by atoms with E-state index < -0.39 is 64.7 Å². The molecule has 3 aliphatic rings. The molecule has 1 amide bonds. The maximum Gasteiger partial charge on any atom is 0.230 e. The number of hydrogen-bond acceptors (Lipinski definition) is 8. The number of nitrogens with zero attached hydrogens (tertiary/aromatic N) is 1. The Hall–Kier alpha value is -2.88. The molecule has 0 spiro atoms. The molecule has 35 heavy (non-hydrogen) atoms. The van der Waals surface area contributed by atoms with Gasteiger partial charge in [-0.1, -0.05) is 32.1 Å². The van der Waals surface area contributed by atoms with Gasteiger partial charge in [0, 0.05) is 12.0 Å². The fourth-order valence-corrected chi connectivity index (χ4v) is 6.30. The lowest BCUT2D eigenvalue weighted by molar-refractivity contribution is -0.190. The van der Waals surface area contributed by atoms with Crippen molar-refractivity contribution in [3.63, 3.8) is 0 Å². The Kier molecular flexibility index (Phi) is 6.24. The SMILES string of the molecule is CC(C)/C=C/c1ccc(O)c2c1C[C@@H]1C[C@@H]3[C@@H](N(C)C)C(O)C(C(N)=O)C(=O)[C@]3(O)C(=O)C1C2=O. The number of amides is 1. The highest BCUT2D eigenvalue weighted by Gasteiger charge is 2.69. The summed E-state index contributed by atoms with van der Waals surface area (Å²) < 4.78 is 0. The van der Waals surface area contributed by atoms with Gasteiger partial charge in [-0.3, -0.25) is 19.2 Å². The summed E-state index contributed by atoms with van der Waals surface area (Å²) in [5, 5.41) is 33.0. The second-order valence-corrected chi connectivity index (χ2v) is 10.6. The lowest BCUT2D eigenvalue weighted by Gasteiger charge is -2.54. The fourth-order valence-electron chi connectivity index (χ4n) is 6.30. The van der Waals surface area contributed by atoms with Gasteiger partial charge in [0.1, 0.15) is 11.7 Å². The number of aliphatic hydroxyl groups is 2. The zero-order chi connectivity index (χ0) is 26.0. The zero-order valence-electron chi connectivity index (χ0n) is 20.3. The number of fused-ring (bicyclic) bond motifs is 3. The van der Waals surface area contributed by atoms with Crippen LogP contribution in [0.1, 0.15) is 41.8 Å². The first-order chi connectivity index (χ1) is 16.3. The number of likely N-dealkylation sites (N-methyl/N-ethyl adjacent to an activating group) is 1. The lowest BCUT2D eigenvalue weighted by atomic mass is 9.52. The van der Waals surface area contributed by atoms with Crippen LogP contribution < -0.4 is 5.73 Å². The minimum absolute atomic E-state index is 0.0199. The number of Topliss-reactive ketones (excluding diaryl/α,β-unsaturated/α-hetero) is 3. The molecular formula is C26H32N2O7. The number of aromatic hydroxyl groups is 1. The molecule has 3 aliphatic carbocycles. The van der Waals surface area contributed by atoms with Crippen LogP contribution in [0.15, 0.2) is 18.2 Å². The van der Waals surface area contributed by atoms with Crippen molar-refractivity contribution in [2.75, 3.05) is 14.1 Å². The molecule has 0 aromatic heterocycles. The van der Waals surface area contributed by atoms with Gasteiger partial charge < -0.3 is 26.0 Å². The van der Waals surface area contributed by atoms with Crippen molar-refractivity contribution < 1.29 is 34.5 Å². The number of carbonyl (C=O) groups excluding carboxylic acids is 4. The van der Waals surface area contributed by atoms with Crippen LogP contribution in [0.2, 0.25) is 0 Å². The van der Waals surface area contributed by atoms with E-state index in [0.717, 1.165) is 5.56 Å². The molecule has 0 heterocycles. The fraction of sp³-hybridized carbons (Fsp3) is 0.538. The van der Waals surface area contributed by atoms with Gasteiger partial charge >= 0.3 is 0 Å². The average molecular weight is 485 g/mol. The Morgan fingerprint density at radius 3 is 2.43 bits per heavy atom. The molecule has 3 unspecified atom stereocenters. The number of carbonyl (C=O) groups is 4. The van der Waals surface area contributed by atoms with Gasteiger partial charge in [0.2, 0.25) is 5.91 Å². The summed E-state index contributed by atoms with van der Waals surface area (Å²) in [5.74, 6) is -8.68. The first-order valence-electron chi connectivity index (χ1n) is 11.8. The Balaban J connectivity index is 1.85. The van der Waals surface area contributed by atoms with Crippen LogP contribution in [0.25, 0.3) is 6.08 Å². The third-order valence-electron chi connectivity index (χ3n) is 7.87. The largest absolute Gasteiger partial charge is 0.507 e. The smallest absolute Gasteiger partial charge is 0.230 e. The number of rotatable bonds is 4. The highest BCUT2D eigenvalue weighted by molar-refractivity contribution is 6.25. The summed E-state index contributed by atoms with van der Waals surface area (Å²) >= 11 is 0. The van der Waals surface area contributed by atoms with Gasteiger partial charge in [-0.25, -0.2) is 0 Å². The molecule has 1 aromatic rings. The van der Waals surface area contributed by atoms with E-state index in [2.05, 4.69) is 0 Å². The van der Waals surface area contributed by atoms with E-state index in [1.165, 1.54) is 6.07 Å². The molecule has 7 atom stereocenters. The molecule has 9 heteroatoms. The van der Waals surface area contributed by atoms with E-state index >= 15 is 0 Å². The molecule has 0 bridgehead atoms. The second-order valence-electron chi connectivity index (χ2n) is 10.6. The minimum atomic E-state index is -2.65. The minimum Gasteiger partial charge on any atom is -0.507 e. The van der Waals surface area contributed by atoms with Crippen molar-refractivity contribution in [1.29, 1.82) is 0 Å². The molecule has 1 aromatic carbocycles. The number of phenols is 1. The Bertz CT molecular complexity index is 1140. The predicted molar refractivity (Wildman–Crippen MR) is 126 cm³/mol. The molecule has 4 rings (SSSR count). The molecule has 0 radical (unpaired) electrons. The number of phenolic OH excluding ortho intramolecular Hbond substituents is 1. The second kappa shape index (κ2) is 8.65. The van der Waals surface area contributed by atoms with Crippen LogP contribution in [-0.2, 0) is 20.8 Å². The number of aliphatic hydroxyl groups excluding tert-OH is 1. The molecule has 2 fully saturated rings. The first-order valence-corrected chi connectivity index (χ1v) is 11.8. The van der Waals surface area contributed by atoms with Gasteiger partial charge in [-0.15, -0.1) is 0 Å². The molecule has 5 N–H and O–H groups in total. The number of nitrogens with two attached hydrogens (primary N) is 1. The quantitative estimate of drug-likeness (QED) is 0.445. The van der Waals surface area contributed by atoms with Crippen LogP contribution in [-0.4, -0.2) is 75.3 Å². The van der Waals surface area contributed by atoms with Crippen LogP contribution >= 0.6 is 0 Å². The Morgan fingerprint density at radius 2 is 1.86 bits per heavy atom. The number of hydrogen-bond donors (Lipinski definition) is 4. The van der Waals surface area contributed by atoms with Crippen molar-refractivity contribution >= 4 is 29.3 Å². The van der Waals surface area contributed by atoms with E-state index in [1.54, 1.807) is 25.1 Å². The molecule has 0 saturated heterocycles. The van der Waals surface area contributed by atoms with Crippen molar-refractivity contribution in [2.24, 2.45) is 35.3 Å². The number of ketones is 3. The van der Waals surface area contributed by atoms with Gasteiger partial charge in [0.25, 0.3) is 0 Å². The summed E-state index contributed by atoms with van der Waals surface area (Å²) in [6, 6.07) is 2.20.